The van der Waals surface area contributed by atoms with E-state index in [1.807, 2.05) is 0 Å². The van der Waals surface area contributed by atoms with Crippen LogP contribution in [0.1, 0.15) is 11.1 Å². The predicted molar refractivity (Wildman–Crippen MR) is 205 cm³/mol. The monoisotopic (exact) mass is 625 g/mol. The third-order valence-corrected chi connectivity index (χ3v) is 10.1. The zero-order valence-corrected chi connectivity index (χ0v) is 26.8. The van der Waals surface area contributed by atoms with Crippen molar-refractivity contribution in [3.63, 3.8) is 0 Å². The lowest BCUT2D eigenvalue weighted by Gasteiger charge is -2.26. The number of hydrogen-bond acceptors (Lipinski definition) is 2. The molecule has 0 amide bonds. The Kier molecular flexibility index (Phi) is 6.28. The lowest BCUT2D eigenvalue weighted by atomic mass is 9.98. The minimum absolute atomic E-state index is 0.911. The fourth-order valence-electron chi connectivity index (χ4n) is 7.58. The Balaban J connectivity index is 0.989. The van der Waals surface area contributed by atoms with Gasteiger partial charge in [-0.05, 0) is 128 Å². The van der Waals surface area contributed by atoms with E-state index in [1.165, 1.54) is 55.3 Å². The quantitative estimate of drug-likeness (QED) is 0.189. The summed E-state index contributed by atoms with van der Waals surface area (Å²) < 4.78 is 6.26. The summed E-state index contributed by atoms with van der Waals surface area (Å²) in [6, 6.07) is 63.5. The largest absolute Gasteiger partial charge is 0.456 e. The van der Waals surface area contributed by atoms with Crippen LogP contribution in [0.15, 0.2) is 180 Å². The van der Waals surface area contributed by atoms with Crippen molar-refractivity contribution in [1.82, 2.24) is 0 Å². The van der Waals surface area contributed by atoms with E-state index in [-0.39, 0.29) is 0 Å². The average Bonchev–Trinajstić information content (AvgIpc) is 3.72. The van der Waals surface area contributed by atoms with Crippen LogP contribution in [0.5, 0.6) is 0 Å². The Hall–Kier alpha value is -6.38. The summed E-state index contributed by atoms with van der Waals surface area (Å²) in [5.41, 5.74) is 15.5. The Bertz CT molecular complexity index is 2670. The molecule has 1 aliphatic rings. The molecule has 9 aromatic rings. The van der Waals surface area contributed by atoms with Gasteiger partial charge in [0.1, 0.15) is 11.2 Å². The second-order valence-corrected chi connectivity index (χ2v) is 13.0. The van der Waals surface area contributed by atoms with Crippen LogP contribution in [0, 0.1) is 0 Å². The lowest BCUT2D eigenvalue weighted by molar-refractivity contribution is 0.669. The van der Waals surface area contributed by atoms with Gasteiger partial charge in [-0.25, -0.2) is 0 Å². The molecule has 0 fully saturated rings. The maximum absolute atomic E-state index is 6.26. The third-order valence-electron chi connectivity index (χ3n) is 10.1. The van der Waals surface area contributed by atoms with Crippen molar-refractivity contribution < 1.29 is 4.42 Å². The fraction of sp³-hybridized carbons (Fsp3) is 0.0213. The molecule has 0 radical (unpaired) electrons. The highest BCUT2D eigenvalue weighted by molar-refractivity contribution is 6.11. The van der Waals surface area contributed by atoms with Gasteiger partial charge < -0.3 is 9.32 Å². The standard InChI is InChI=1S/C47H31NO/c1-2-11-39(12-3-1)48(40-21-16-31(17-22-40)35-14-15-38-26-37-10-6-7-13-42(37)43(38)27-35)41-23-18-32(19-24-41)36-20-25-46-44(29-36)45-28-33-8-4-5-9-34(33)30-47(45)49-46/h1-25,27-30H,26H2. The van der Waals surface area contributed by atoms with Crippen molar-refractivity contribution in [2.45, 2.75) is 6.42 Å². The Morgan fingerprint density at radius 1 is 0.367 bits per heavy atom. The second-order valence-electron chi connectivity index (χ2n) is 13.0. The van der Waals surface area contributed by atoms with E-state index >= 15 is 0 Å². The van der Waals surface area contributed by atoms with E-state index < -0.39 is 0 Å². The van der Waals surface area contributed by atoms with E-state index in [2.05, 4.69) is 181 Å². The van der Waals surface area contributed by atoms with E-state index in [0.717, 1.165) is 45.4 Å². The number of anilines is 3. The highest BCUT2D eigenvalue weighted by atomic mass is 16.3. The Morgan fingerprint density at radius 3 is 1.67 bits per heavy atom. The molecule has 1 aliphatic carbocycles. The molecule has 8 aromatic carbocycles. The Labute approximate surface area is 285 Å². The molecule has 0 bridgehead atoms. The van der Waals surface area contributed by atoms with Gasteiger partial charge in [0.15, 0.2) is 0 Å². The highest BCUT2D eigenvalue weighted by Crippen LogP contribution is 2.41. The topological polar surface area (TPSA) is 16.4 Å². The number of nitrogens with zero attached hydrogens (tertiary/aromatic N) is 1. The summed E-state index contributed by atoms with van der Waals surface area (Å²) in [6.45, 7) is 0. The van der Waals surface area contributed by atoms with Crippen LogP contribution in [-0.2, 0) is 6.42 Å². The molecule has 2 nitrogen and oxygen atoms in total. The summed E-state index contributed by atoms with van der Waals surface area (Å²) in [5, 5.41) is 4.70. The van der Waals surface area contributed by atoms with Crippen molar-refractivity contribution in [2.24, 2.45) is 0 Å². The molecule has 230 valence electrons. The molecular formula is C47H31NO. The van der Waals surface area contributed by atoms with Crippen molar-refractivity contribution in [3.05, 3.63) is 187 Å². The van der Waals surface area contributed by atoms with Crippen LogP contribution < -0.4 is 4.90 Å². The van der Waals surface area contributed by atoms with Crippen LogP contribution in [-0.4, -0.2) is 0 Å². The van der Waals surface area contributed by atoms with E-state index in [9.17, 15) is 0 Å². The van der Waals surface area contributed by atoms with Gasteiger partial charge >= 0.3 is 0 Å². The maximum atomic E-state index is 6.26. The van der Waals surface area contributed by atoms with Gasteiger partial charge in [-0.1, -0.05) is 109 Å². The van der Waals surface area contributed by atoms with E-state index in [0.29, 0.717) is 0 Å². The first-order valence-corrected chi connectivity index (χ1v) is 16.9. The van der Waals surface area contributed by atoms with Crippen molar-refractivity contribution in [2.75, 3.05) is 4.90 Å². The van der Waals surface area contributed by atoms with Crippen molar-refractivity contribution in [3.8, 4) is 33.4 Å². The molecule has 0 aliphatic heterocycles. The van der Waals surface area contributed by atoms with Crippen LogP contribution in [0.3, 0.4) is 0 Å². The second kappa shape index (κ2) is 11.1. The molecule has 0 saturated heterocycles. The first kappa shape index (κ1) is 27.7. The van der Waals surface area contributed by atoms with Crippen LogP contribution in [0.4, 0.5) is 17.1 Å². The van der Waals surface area contributed by atoms with Crippen LogP contribution in [0.25, 0.3) is 66.1 Å². The number of hydrogen-bond donors (Lipinski definition) is 0. The zero-order valence-electron chi connectivity index (χ0n) is 26.8. The van der Waals surface area contributed by atoms with Gasteiger partial charge in [-0.2, -0.15) is 0 Å². The average molecular weight is 626 g/mol. The molecule has 0 unspecified atom stereocenters. The minimum Gasteiger partial charge on any atom is -0.456 e. The summed E-state index contributed by atoms with van der Waals surface area (Å²) in [4.78, 5) is 2.32. The molecule has 0 atom stereocenters. The SMILES string of the molecule is c1ccc(N(c2ccc(-c3ccc4c(c3)-c3ccccc3C4)cc2)c2ccc(-c3ccc4oc5cc6ccccc6cc5c4c3)cc2)cc1. The van der Waals surface area contributed by atoms with Crippen LogP contribution in [0.2, 0.25) is 0 Å². The number of benzene rings is 8. The van der Waals surface area contributed by atoms with E-state index in [4.69, 9.17) is 4.42 Å². The van der Waals surface area contributed by atoms with Gasteiger partial charge in [0.25, 0.3) is 0 Å². The summed E-state index contributed by atoms with van der Waals surface area (Å²) in [6.07, 6.45) is 1.02. The van der Waals surface area contributed by atoms with Gasteiger partial charge in [0.2, 0.25) is 0 Å². The van der Waals surface area contributed by atoms with E-state index in [1.54, 1.807) is 0 Å². The molecule has 1 heterocycles. The number of para-hydroxylation sites is 1. The van der Waals surface area contributed by atoms with Crippen molar-refractivity contribution in [1.29, 1.82) is 0 Å². The zero-order chi connectivity index (χ0) is 32.3. The number of fused-ring (bicyclic) bond motifs is 7. The molecule has 1 aromatic heterocycles. The highest BCUT2D eigenvalue weighted by Gasteiger charge is 2.19. The van der Waals surface area contributed by atoms with Gasteiger partial charge in [0, 0.05) is 27.8 Å². The molecule has 10 rings (SSSR count). The van der Waals surface area contributed by atoms with Crippen molar-refractivity contribution >= 4 is 49.8 Å². The fourth-order valence-corrected chi connectivity index (χ4v) is 7.58. The summed E-state index contributed by atoms with van der Waals surface area (Å²) in [5.74, 6) is 0. The Morgan fingerprint density at radius 2 is 0.918 bits per heavy atom. The molecule has 2 heteroatoms. The summed E-state index contributed by atoms with van der Waals surface area (Å²) in [7, 11) is 0. The summed E-state index contributed by atoms with van der Waals surface area (Å²) >= 11 is 0. The van der Waals surface area contributed by atoms with Gasteiger partial charge in [0.05, 0.1) is 0 Å². The molecule has 0 N–H and O–H groups in total. The number of rotatable bonds is 5. The number of furan rings is 1. The van der Waals surface area contributed by atoms with Crippen LogP contribution >= 0.6 is 0 Å². The molecule has 0 saturated carbocycles. The predicted octanol–water partition coefficient (Wildman–Crippen LogP) is 13.1. The van der Waals surface area contributed by atoms with Gasteiger partial charge in [-0.15, -0.1) is 0 Å². The maximum Gasteiger partial charge on any atom is 0.136 e. The first-order chi connectivity index (χ1) is 24.2. The normalized spacial score (nSPS) is 12.0. The van der Waals surface area contributed by atoms with Gasteiger partial charge in [-0.3, -0.25) is 0 Å². The smallest absolute Gasteiger partial charge is 0.136 e. The third kappa shape index (κ3) is 4.72. The molecule has 0 spiro atoms. The lowest BCUT2D eigenvalue weighted by Crippen LogP contribution is -2.09. The first-order valence-electron chi connectivity index (χ1n) is 16.9. The minimum atomic E-state index is 0.911. The molecule has 49 heavy (non-hydrogen) atoms. The molecular weight excluding hydrogens is 595 g/mol.